The third kappa shape index (κ3) is 6.12. The molecule has 2 heterocycles. The van der Waals surface area contributed by atoms with E-state index in [1.165, 1.54) is 10.9 Å². The van der Waals surface area contributed by atoms with E-state index in [4.69, 9.17) is 18.9 Å². The number of aromatic nitrogens is 2. The molecule has 0 saturated heterocycles. The number of nitrogens with zero attached hydrogens (tertiary/aromatic N) is 4. The summed E-state index contributed by atoms with van der Waals surface area (Å²) in [6.07, 6.45) is 1.51. The van der Waals surface area contributed by atoms with Crippen LogP contribution >= 0.6 is 0 Å². The number of amides is 1. The van der Waals surface area contributed by atoms with Gasteiger partial charge in [-0.1, -0.05) is 35.9 Å². The van der Waals surface area contributed by atoms with Gasteiger partial charge in [0.1, 0.15) is 17.1 Å². The summed E-state index contributed by atoms with van der Waals surface area (Å²) in [4.78, 5) is 33.2. The van der Waals surface area contributed by atoms with Crippen molar-refractivity contribution in [1.29, 1.82) is 0 Å². The highest BCUT2D eigenvalue weighted by atomic mass is 16.5. The number of methoxy groups -OCH3 is 1. The summed E-state index contributed by atoms with van der Waals surface area (Å²) in [7, 11) is 5.40. The standard InChI is InChI=1S/C35H31N5O5/c1-22-12-15-24(16-13-22)37-33(41)21-44-31-18-25(39(2)3)17-14-23(31)20-36-40-34(38-28-9-6-5-8-26(28)35(40)42)32-19-27-29(43-4)10-7-11-30(27)45-32/h5-20H,21H2,1-4H3,(H,37,41). The molecular weight excluding hydrogens is 570 g/mol. The minimum Gasteiger partial charge on any atom is -0.496 e. The third-order valence-corrected chi connectivity index (χ3v) is 7.24. The molecule has 45 heavy (non-hydrogen) atoms. The molecule has 1 N–H and O–H groups in total. The van der Waals surface area contributed by atoms with Crippen molar-refractivity contribution in [3.63, 3.8) is 0 Å². The number of benzene rings is 4. The predicted molar refractivity (Wildman–Crippen MR) is 177 cm³/mol. The zero-order valence-corrected chi connectivity index (χ0v) is 25.3. The van der Waals surface area contributed by atoms with E-state index in [0.29, 0.717) is 45.0 Å². The minimum absolute atomic E-state index is 0.220. The molecule has 6 rings (SSSR count). The van der Waals surface area contributed by atoms with Gasteiger partial charge in [-0.25, -0.2) is 4.98 Å². The maximum atomic E-state index is 13.8. The average molecular weight is 602 g/mol. The second kappa shape index (κ2) is 12.4. The van der Waals surface area contributed by atoms with Crippen molar-refractivity contribution in [2.24, 2.45) is 5.10 Å². The van der Waals surface area contributed by atoms with Crippen molar-refractivity contribution in [2.45, 2.75) is 6.92 Å². The summed E-state index contributed by atoms with van der Waals surface area (Å²) in [6, 6.07) is 27.4. The number of para-hydroxylation sites is 1. The van der Waals surface area contributed by atoms with Gasteiger partial charge < -0.3 is 24.1 Å². The molecule has 1 amide bonds. The van der Waals surface area contributed by atoms with Crippen LogP contribution in [-0.2, 0) is 4.79 Å². The smallest absolute Gasteiger partial charge is 0.282 e. The van der Waals surface area contributed by atoms with Gasteiger partial charge in [0, 0.05) is 37.1 Å². The van der Waals surface area contributed by atoms with Gasteiger partial charge in [0.05, 0.1) is 29.6 Å². The predicted octanol–water partition coefficient (Wildman–Crippen LogP) is 6.09. The first-order valence-electron chi connectivity index (χ1n) is 14.2. The number of anilines is 2. The van der Waals surface area contributed by atoms with Gasteiger partial charge in [-0.3, -0.25) is 9.59 Å². The summed E-state index contributed by atoms with van der Waals surface area (Å²) in [5, 5.41) is 8.57. The molecule has 6 aromatic rings. The second-order valence-electron chi connectivity index (χ2n) is 10.6. The van der Waals surface area contributed by atoms with E-state index in [-0.39, 0.29) is 23.9 Å². The highest BCUT2D eigenvalue weighted by molar-refractivity contribution is 5.92. The van der Waals surface area contributed by atoms with Crippen molar-refractivity contribution >= 4 is 45.4 Å². The molecule has 0 saturated carbocycles. The molecule has 0 atom stereocenters. The van der Waals surface area contributed by atoms with Gasteiger partial charge in [-0.15, -0.1) is 0 Å². The van der Waals surface area contributed by atoms with Gasteiger partial charge >= 0.3 is 0 Å². The number of rotatable bonds is 9. The van der Waals surface area contributed by atoms with Crippen LogP contribution in [0.3, 0.4) is 0 Å². The lowest BCUT2D eigenvalue weighted by molar-refractivity contribution is -0.118. The maximum Gasteiger partial charge on any atom is 0.282 e. The van der Waals surface area contributed by atoms with Crippen LogP contribution in [0.25, 0.3) is 33.5 Å². The number of hydrogen-bond donors (Lipinski definition) is 1. The normalized spacial score (nSPS) is 11.3. The first-order valence-corrected chi connectivity index (χ1v) is 14.2. The van der Waals surface area contributed by atoms with E-state index in [2.05, 4.69) is 10.4 Å². The highest BCUT2D eigenvalue weighted by Gasteiger charge is 2.18. The first-order chi connectivity index (χ1) is 21.8. The zero-order chi connectivity index (χ0) is 31.5. The lowest BCUT2D eigenvalue weighted by atomic mass is 10.2. The summed E-state index contributed by atoms with van der Waals surface area (Å²) >= 11 is 0. The van der Waals surface area contributed by atoms with Crippen LogP contribution in [0.2, 0.25) is 0 Å². The first kappa shape index (κ1) is 29.2. The Morgan fingerprint density at radius 2 is 1.78 bits per heavy atom. The molecule has 226 valence electrons. The fraction of sp³-hybridized carbons (Fsp3) is 0.143. The number of carbonyl (C=O) groups is 1. The largest absolute Gasteiger partial charge is 0.496 e. The topological polar surface area (TPSA) is 111 Å². The Bertz CT molecular complexity index is 2110. The van der Waals surface area contributed by atoms with E-state index >= 15 is 0 Å². The van der Waals surface area contributed by atoms with Crippen molar-refractivity contribution in [3.05, 3.63) is 112 Å². The van der Waals surface area contributed by atoms with Crippen LogP contribution in [0.5, 0.6) is 11.5 Å². The molecule has 0 spiro atoms. The van der Waals surface area contributed by atoms with Crippen LogP contribution in [0.1, 0.15) is 11.1 Å². The molecule has 0 bridgehead atoms. The van der Waals surface area contributed by atoms with E-state index in [9.17, 15) is 9.59 Å². The molecule has 4 aromatic carbocycles. The van der Waals surface area contributed by atoms with Crippen LogP contribution < -0.4 is 25.2 Å². The van der Waals surface area contributed by atoms with E-state index < -0.39 is 0 Å². The molecule has 0 aliphatic rings. The number of furan rings is 1. The molecule has 0 fully saturated rings. The van der Waals surface area contributed by atoms with Crippen molar-refractivity contribution < 1.29 is 18.7 Å². The van der Waals surface area contributed by atoms with Crippen LogP contribution in [0.4, 0.5) is 11.4 Å². The van der Waals surface area contributed by atoms with Crippen molar-refractivity contribution in [3.8, 4) is 23.1 Å². The van der Waals surface area contributed by atoms with Gasteiger partial charge in [0.25, 0.3) is 11.5 Å². The van der Waals surface area contributed by atoms with Crippen LogP contribution in [-0.4, -0.2) is 49.6 Å². The Balaban J connectivity index is 1.38. The van der Waals surface area contributed by atoms with E-state index in [0.717, 1.165) is 16.6 Å². The van der Waals surface area contributed by atoms with Crippen molar-refractivity contribution in [2.75, 3.05) is 38.0 Å². The van der Waals surface area contributed by atoms with Crippen molar-refractivity contribution in [1.82, 2.24) is 9.66 Å². The maximum absolute atomic E-state index is 13.8. The van der Waals surface area contributed by atoms with Gasteiger partial charge in [0.2, 0.25) is 5.82 Å². The minimum atomic E-state index is -0.371. The molecule has 10 heteroatoms. The lowest BCUT2D eigenvalue weighted by Crippen LogP contribution is -2.21. The van der Waals surface area contributed by atoms with E-state index in [1.807, 2.05) is 92.6 Å². The number of ether oxygens (including phenoxy) is 2. The second-order valence-corrected chi connectivity index (χ2v) is 10.6. The van der Waals surface area contributed by atoms with Gasteiger partial charge in [0.15, 0.2) is 12.4 Å². The number of nitrogens with one attached hydrogen (secondary N) is 1. The molecule has 2 aromatic heterocycles. The Morgan fingerprint density at radius 3 is 2.56 bits per heavy atom. The molecule has 0 aliphatic carbocycles. The van der Waals surface area contributed by atoms with Gasteiger partial charge in [-0.2, -0.15) is 9.78 Å². The summed E-state index contributed by atoms with van der Waals surface area (Å²) in [5.74, 6) is 1.31. The summed E-state index contributed by atoms with van der Waals surface area (Å²) < 4.78 is 18.8. The SMILES string of the molecule is COc1cccc2oc(-c3nc4ccccc4c(=O)n3N=Cc3ccc(N(C)C)cc3OCC(=O)Nc3ccc(C)cc3)cc12. The zero-order valence-electron chi connectivity index (χ0n) is 25.3. The average Bonchev–Trinajstić information content (AvgIpc) is 3.49. The Hall–Kier alpha value is -5.90. The van der Waals surface area contributed by atoms with Gasteiger partial charge in [-0.05, 0) is 61.5 Å². The Kier molecular flexibility index (Phi) is 8.03. The third-order valence-electron chi connectivity index (χ3n) is 7.24. The molecular formula is C35H31N5O5. The number of fused-ring (bicyclic) bond motifs is 2. The quantitative estimate of drug-likeness (QED) is 0.200. The fourth-order valence-corrected chi connectivity index (χ4v) is 4.84. The molecule has 0 radical (unpaired) electrons. The molecule has 0 unspecified atom stereocenters. The van der Waals surface area contributed by atoms with Crippen LogP contribution in [0.15, 0.2) is 105 Å². The fourth-order valence-electron chi connectivity index (χ4n) is 4.84. The highest BCUT2D eigenvalue weighted by Crippen LogP contribution is 2.33. The number of aryl methyl sites for hydroxylation is 1. The molecule has 0 aliphatic heterocycles. The summed E-state index contributed by atoms with van der Waals surface area (Å²) in [5.41, 5.74) is 3.92. The summed E-state index contributed by atoms with van der Waals surface area (Å²) in [6.45, 7) is 1.75. The van der Waals surface area contributed by atoms with E-state index in [1.54, 1.807) is 31.4 Å². The monoisotopic (exact) mass is 601 g/mol. The number of carbonyl (C=O) groups excluding carboxylic acids is 1. The van der Waals surface area contributed by atoms with Crippen LogP contribution in [0, 0.1) is 6.92 Å². The lowest BCUT2D eigenvalue weighted by Gasteiger charge is -2.16. The Morgan fingerprint density at radius 1 is 0.978 bits per heavy atom. The molecule has 10 nitrogen and oxygen atoms in total. The Labute approximate surface area is 259 Å². The number of hydrogen-bond acceptors (Lipinski definition) is 8.